The summed E-state index contributed by atoms with van der Waals surface area (Å²) >= 11 is 0.967. The van der Waals surface area contributed by atoms with Crippen LogP contribution in [0.5, 0.6) is 5.75 Å². The number of ether oxygens (including phenoxy) is 1. The van der Waals surface area contributed by atoms with Gasteiger partial charge in [0.2, 0.25) is 0 Å². The summed E-state index contributed by atoms with van der Waals surface area (Å²) in [7, 11) is 0. The Hall–Kier alpha value is -3.79. The quantitative estimate of drug-likeness (QED) is 0.318. The molecule has 3 atom stereocenters. The van der Waals surface area contributed by atoms with Crippen LogP contribution in [-0.2, 0) is 6.42 Å². The molecule has 4 aliphatic rings. The van der Waals surface area contributed by atoms with Crippen LogP contribution in [0, 0.1) is 23.0 Å². The number of fused-ring (bicyclic) bond motifs is 4. The minimum atomic E-state index is -0.913. The maximum absolute atomic E-state index is 16.4. The summed E-state index contributed by atoms with van der Waals surface area (Å²) in [6, 6.07) is 6.18. The number of thiophene rings is 1. The van der Waals surface area contributed by atoms with Gasteiger partial charge in [0.25, 0.3) is 0 Å². The number of benzene rings is 1. The molecule has 8 nitrogen and oxygen atoms in total. The highest BCUT2D eigenvalue weighted by Crippen LogP contribution is 2.44. The first-order valence-corrected chi connectivity index (χ1v) is 15.4. The second kappa shape index (κ2) is 9.87. The van der Waals surface area contributed by atoms with Crippen molar-refractivity contribution in [2.45, 2.75) is 56.3 Å². The molecule has 3 aromatic heterocycles. The van der Waals surface area contributed by atoms with Gasteiger partial charge in [-0.15, -0.1) is 11.3 Å². The fraction of sp³-hybridized carbons (Fsp3) is 0.419. The van der Waals surface area contributed by atoms with Crippen molar-refractivity contribution in [1.82, 2.24) is 14.6 Å². The SMILES string of the molecule is N#Cc1c(N)sc2c(F)ccc(-c3c(F)cc4c(OC[C@@]56CCCN5C[C@H](F)C6)coc5c6c(n34)=NCN[C@@H]6CCC5)c12. The Labute approximate surface area is 248 Å². The zero-order valence-corrected chi connectivity index (χ0v) is 24.1. The first-order valence-electron chi connectivity index (χ1n) is 14.6. The van der Waals surface area contributed by atoms with E-state index in [0.717, 1.165) is 54.9 Å². The smallest absolute Gasteiger partial charge is 0.178 e. The van der Waals surface area contributed by atoms with E-state index >= 15 is 4.39 Å². The van der Waals surface area contributed by atoms with Crippen molar-refractivity contribution < 1.29 is 22.3 Å². The standard InChI is InChI=1S/C31H29F3N6O2S/c32-16-10-31(7-2-8-39(31)12-16)14-42-24-13-41-23-4-1-3-21-26(23)30(38-15-37-21)40-22(24)9-20(34)27(40)17-5-6-19(33)28-25(17)18(11-35)29(36)43-28/h5-6,9,13,16,21,37H,1-4,7-8,10,12,14-15,36H2/t16-,21-,31+/m1/s1. The molecule has 0 saturated carbocycles. The lowest BCUT2D eigenvalue weighted by molar-refractivity contribution is 0.113. The summed E-state index contributed by atoms with van der Waals surface area (Å²) in [5.41, 5.74) is 8.01. The molecule has 0 radical (unpaired) electrons. The molecule has 3 N–H and O–H groups in total. The third-order valence-corrected chi connectivity index (χ3v) is 10.5. The second-order valence-corrected chi connectivity index (χ2v) is 13.0. The Morgan fingerprint density at radius 3 is 3.02 bits per heavy atom. The molecule has 6 heterocycles. The summed E-state index contributed by atoms with van der Waals surface area (Å²) in [6.07, 6.45) is 5.23. The predicted molar refractivity (Wildman–Crippen MR) is 156 cm³/mol. The first-order chi connectivity index (χ1) is 20.9. The average Bonchev–Trinajstić information content (AvgIpc) is 3.71. The number of aromatic nitrogens is 1. The van der Waals surface area contributed by atoms with Crippen molar-refractivity contribution >= 4 is 31.9 Å². The van der Waals surface area contributed by atoms with Gasteiger partial charge >= 0.3 is 0 Å². The molecule has 0 spiro atoms. The fourth-order valence-electron chi connectivity index (χ4n) is 7.64. The largest absolute Gasteiger partial charge is 0.486 e. The van der Waals surface area contributed by atoms with E-state index in [1.165, 1.54) is 24.5 Å². The number of nitrogens with two attached hydrogens (primary N) is 1. The predicted octanol–water partition coefficient (Wildman–Crippen LogP) is 5.50. The molecule has 43 heavy (non-hydrogen) atoms. The van der Waals surface area contributed by atoms with Crippen LogP contribution in [0.15, 0.2) is 33.9 Å². The number of alkyl halides is 1. The van der Waals surface area contributed by atoms with Crippen LogP contribution in [0.2, 0.25) is 0 Å². The normalized spacial score (nSPS) is 24.5. The number of rotatable bonds is 4. The fourth-order valence-corrected chi connectivity index (χ4v) is 8.59. The molecule has 0 bridgehead atoms. The minimum absolute atomic E-state index is 0.0381. The van der Waals surface area contributed by atoms with E-state index in [2.05, 4.69) is 16.3 Å². The number of nitriles is 1. The number of aryl methyl sites for hydroxylation is 1. The zero-order chi connectivity index (χ0) is 29.5. The molecule has 3 aliphatic heterocycles. The number of nitrogens with zero attached hydrogens (tertiary/aromatic N) is 4. The summed E-state index contributed by atoms with van der Waals surface area (Å²) in [5, 5.41) is 13.8. The van der Waals surface area contributed by atoms with E-state index in [0.29, 0.717) is 48.4 Å². The lowest BCUT2D eigenvalue weighted by Gasteiger charge is -2.31. The third kappa shape index (κ3) is 3.98. The van der Waals surface area contributed by atoms with Crippen LogP contribution in [0.25, 0.3) is 26.9 Å². The molecule has 0 unspecified atom stereocenters. The van der Waals surface area contributed by atoms with Gasteiger partial charge in [-0.1, -0.05) is 0 Å². The highest BCUT2D eigenvalue weighted by Gasteiger charge is 2.49. The Morgan fingerprint density at radius 1 is 1.28 bits per heavy atom. The van der Waals surface area contributed by atoms with Crippen LogP contribution in [-0.4, -0.2) is 47.4 Å². The Morgan fingerprint density at radius 2 is 2.16 bits per heavy atom. The molecule has 1 aromatic carbocycles. The molecule has 2 fully saturated rings. The number of hydrogen-bond acceptors (Lipinski definition) is 8. The molecule has 222 valence electrons. The zero-order valence-electron chi connectivity index (χ0n) is 23.3. The maximum atomic E-state index is 16.4. The van der Waals surface area contributed by atoms with Crippen LogP contribution in [0.4, 0.5) is 18.2 Å². The van der Waals surface area contributed by atoms with Gasteiger partial charge in [0.1, 0.15) is 53.0 Å². The van der Waals surface area contributed by atoms with Gasteiger partial charge < -0.3 is 14.9 Å². The first kappa shape index (κ1) is 26.8. The molecule has 1 aliphatic carbocycles. The number of nitrogen functional groups attached to an aromatic ring is 1. The Bertz CT molecular complexity index is 1960. The number of anilines is 1. The second-order valence-electron chi connectivity index (χ2n) is 11.9. The van der Waals surface area contributed by atoms with Crippen molar-refractivity contribution in [3.8, 4) is 23.1 Å². The van der Waals surface area contributed by atoms with Gasteiger partial charge in [-0.2, -0.15) is 5.26 Å². The summed E-state index contributed by atoms with van der Waals surface area (Å²) in [4.78, 5) is 6.98. The highest BCUT2D eigenvalue weighted by molar-refractivity contribution is 7.23. The Balaban J connectivity index is 1.42. The molecule has 12 heteroatoms. The van der Waals surface area contributed by atoms with E-state index < -0.39 is 23.3 Å². The van der Waals surface area contributed by atoms with Gasteiger partial charge in [-0.25, -0.2) is 13.2 Å². The number of halogens is 3. The van der Waals surface area contributed by atoms with Crippen LogP contribution >= 0.6 is 11.3 Å². The van der Waals surface area contributed by atoms with Gasteiger partial charge in [0, 0.05) is 42.4 Å². The summed E-state index contributed by atoms with van der Waals surface area (Å²) in [5.74, 6) is -0.101. The van der Waals surface area contributed by atoms with Crippen LogP contribution in [0.3, 0.4) is 0 Å². The van der Waals surface area contributed by atoms with Crippen molar-refractivity contribution in [2.75, 3.05) is 32.1 Å². The Kier molecular flexibility index (Phi) is 6.15. The van der Waals surface area contributed by atoms with Crippen LogP contribution in [0.1, 0.15) is 55.0 Å². The van der Waals surface area contributed by atoms with E-state index in [1.807, 2.05) is 0 Å². The van der Waals surface area contributed by atoms with Crippen molar-refractivity contribution in [3.63, 3.8) is 0 Å². The van der Waals surface area contributed by atoms with Gasteiger partial charge in [0.05, 0.1) is 39.2 Å². The summed E-state index contributed by atoms with van der Waals surface area (Å²) in [6.45, 7) is 1.76. The van der Waals surface area contributed by atoms with Crippen LogP contribution < -0.4 is 21.3 Å². The highest BCUT2D eigenvalue weighted by atomic mass is 32.1. The lowest BCUT2D eigenvalue weighted by atomic mass is 9.92. The molecular formula is C31H29F3N6O2S. The van der Waals surface area contributed by atoms with Crippen molar-refractivity contribution in [3.05, 3.63) is 58.5 Å². The minimum Gasteiger partial charge on any atom is -0.486 e. The third-order valence-electron chi connectivity index (χ3n) is 9.52. The van der Waals surface area contributed by atoms with Crippen molar-refractivity contribution in [1.29, 1.82) is 5.26 Å². The van der Waals surface area contributed by atoms with Gasteiger partial charge in [-0.05, 0) is 44.4 Å². The van der Waals surface area contributed by atoms with E-state index in [1.54, 1.807) is 4.40 Å². The van der Waals surface area contributed by atoms with E-state index in [4.69, 9.17) is 19.9 Å². The van der Waals surface area contributed by atoms with E-state index in [-0.39, 0.29) is 39.0 Å². The topological polar surface area (TPSA) is 104 Å². The number of nitrogens with one attached hydrogen (secondary N) is 1. The van der Waals surface area contributed by atoms with Gasteiger partial charge in [-0.3, -0.25) is 19.6 Å². The monoisotopic (exact) mass is 606 g/mol. The molecule has 0 amide bonds. The van der Waals surface area contributed by atoms with E-state index in [9.17, 15) is 14.0 Å². The molecule has 4 aromatic rings. The molecule has 2 saturated heterocycles. The van der Waals surface area contributed by atoms with Crippen molar-refractivity contribution in [2.24, 2.45) is 4.99 Å². The molecular weight excluding hydrogens is 577 g/mol. The molecule has 8 rings (SSSR count). The maximum Gasteiger partial charge on any atom is 0.178 e. The summed E-state index contributed by atoms with van der Waals surface area (Å²) < 4.78 is 60.6. The van der Waals surface area contributed by atoms with Gasteiger partial charge in [0.15, 0.2) is 5.75 Å². The average molecular weight is 607 g/mol. The number of hydrogen-bond donors (Lipinski definition) is 2. The lowest BCUT2D eigenvalue weighted by Crippen LogP contribution is -2.43.